The zero-order chi connectivity index (χ0) is 9.42. The van der Waals surface area contributed by atoms with Crippen LogP contribution >= 0.6 is 0 Å². The van der Waals surface area contributed by atoms with Gasteiger partial charge in [0.1, 0.15) is 11.9 Å². The number of carbonyl (C=O) groups is 1. The van der Waals surface area contributed by atoms with Crippen LogP contribution in [0, 0.1) is 17.1 Å². The molecule has 0 aliphatic carbocycles. The highest BCUT2D eigenvalue weighted by Gasteiger charge is 2.23. The van der Waals surface area contributed by atoms with E-state index in [9.17, 15) is 9.18 Å². The maximum Gasteiger partial charge on any atom is 0.253 e. The molecule has 2 rings (SSSR count). The Labute approximate surface area is 73.8 Å². The fourth-order valence-corrected chi connectivity index (χ4v) is 1.42. The quantitative estimate of drug-likeness (QED) is 0.639. The van der Waals surface area contributed by atoms with Crippen molar-refractivity contribution in [2.24, 2.45) is 0 Å². The molecular weight excluding hydrogens is 171 g/mol. The van der Waals surface area contributed by atoms with Crippen molar-refractivity contribution in [3.05, 3.63) is 34.6 Å². The normalized spacial score (nSPS) is 13.4. The number of nitrogens with zero attached hydrogens (tertiary/aromatic N) is 1. The number of benzene rings is 1. The van der Waals surface area contributed by atoms with E-state index in [0.29, 0.717) is 17.7 Å². The number of nitriles is 1. The molecule has 0 fully saturated rings. The molecule has 1 aliphatic heterocycles. The Morgan fingerprint density at radius 3 is 3.00 bits per heavy atom. The SMILES string of the molecule is N#Cc1cc(F)cc2c1C(=O)NC2. The molecule has 64 valence electrons. The Morgan fingerprint density at radius 2 is 2.31 bits per heavy atom. The van der Waals surface area contributed by atoms with Crippen molar-refractivity contribution in [1.82, 2.24) is 5.32 Å². The maximum absolute atomic E-state index is 12.8. The summed E-state index contributed by atoms with van der Waals surface area (Å²) in [6.07, 6.45) is 0. The lowest BCUT2D eigenvalue weighted by Crippen LogP contribution is -2.13. The van der Waals surface area contributed by atoms with Crippen LogP contribution in [0.4, 0.5) is 4.39 Å². The number of hydrogen-bond donors (Lipinski definition) is 1. The third-order valence-corrected chi connectivity index (χ3v) is 1.97. The number of carbonyl (C=O) groups excluding carboxylic acids is 1. The van der Waals surface area contributed by atoms with Gasteiger partial charge in [0, 0.05) is 6.54 Å². The molecule has 0 saturated heterocycles. The van der Waals surface area contributed by atoms with Crippen LogP contribution in [-0.4, -0.2) is 5.91 Å². The summed E-state index contributed by atoms with van der Waals surface area (Å²) in [6.45, 7) is 0.306. The molecule has 1 heterocycles. The summed E-state index contributed by atoms with van der Waals surface area (Å²) in [5.74, 6) is -0.779. The van der Waals surface area contributed by atoms with Crippen molar-refractivity contribution in [3.63, 3.8) is 0 Å². The van der Waals surface area contributed by atoms with Gasteiger partial charge in [-0.25, -0.2) is 4.39 Å². The van der Waals surface area contributed by atoms with Crippen LogP contribution in [0.1, 0.15) is 21.5 Å². The van der Waals surface area contributed by atoms with E-state index >= 15 is 0 Å². The van der Waals surface area contributed by atoms with Gasteiger partial charge in [0.2, 0.25) is 0 Å². The molecule has 4 heteroatoms. The standard InChI is InChI=1S/C9H5FN2O/c10-7-1-5(3-11)8-6(2-7)4-12-9(8)13/h1-2H,4H2,(H,12,13). The fraction of sp³-hybridized carbons (Fsp3) is 0.111. The van der Waals surface area contributed by atoms with Gasteiger partial charge in [0.15, 0.2) is 0 Å². The first-order valence-corrected chi connectivity index (χ1v) is 3.73. The average molecular weight is 176 g/mol. The summed E-state index contributed by atoms with van der Waals surface area (Å²) in [5, 5.41) is 11.2. The molecule has 0 aromatic heterocycles. The van der Waals surface area contributed by atoms with E-state index in [0.717, 1.165) is 6.07 Å². The van der Waals surface area contributed by atoms with Crippen LogP contribution in [0.15, 0.2) is 12.1 Å². The minimum absolute atomic E-state index is 0.102. The van der Waals surface area contributed by atoms with Crippen LogP contribution in [0.5, 0.6) is 0 Å². The predicted molar refractivity (Wildman–Crippen MR) is 42.3 cm³/mol. The highest BCUT2D eigenvalue weighted by Crippen LogP contribution is 2.20. The van der Waals surface area contributed by atoms with Crippen molar-refractivity contribution in [2.75, 3.05) is 0 Å². The van der Waals surface area contributed by atoms with E-state index in [4.69, 9.17) is 5.26 Å². The highest BCUT2D eigenvalue weighted by atomic mass is 19.1. The van der Waals surface area contributed by atoms with Crippen molar-refractivity contribution in [2.45, 2.75) is 6.54 Å². The number of halogens is 1. The fourth-order valence-electron chi connectivity index (χ4n) is 1.42. The molecule has 0 spiro atoms. The van der Waals surface area contributed by atoms with Gasteiger partial charge in [-0.05, 0) is 17.7 Å². The molecule has 0 radical (unpaired) electrons. The zero-order valence-corrected chi connectivity index (χ0v) is 6.60. The first kappa shape index (κ1) is 7.74. The number of hydrogen-bond acceptors (Lipinski definition) is 2. The Hall–Kier alpha value is -1.89. The number of nitrogens with one attached hydrogen (secondary N) is 1. The molecule has 3 nitrogen and oxygen atoms in total. The second-order valence-corrected chi connectivity index (χ2v) is 2.78. The molecule has 1 aromatic rings. The van der Waals surface area contributed by atoms with E-state index in [1.54, 1.807) is 6.07 Å². The van der Waals surface area contributed by atoms with Crippen LogP contribution in [0.2, 0.25) is 0 Å². The molecular formula is C9H5FN2O. The lowest BCUT2D eigenvalue weighted by atomic mass is 10.0. The zero-order valence-electron chi connectivity index (χ0n) is 6.60. The van der Waals surface area contributed by atoms with Gasteiger partial charge in [-0.3, -0.25) is 4.79 Å². The summed E-state index contributed by atoms with van der Waals surface area (Å²) in [5.41, 5.74) is 0.968. The van der Waals surface area contributed by atoms with E-state index in [2.05, 4.69) is 5.32 Å². The Morgan fingerprint density at radius 1 is 1.54 bits per heavy atom. The molecule has 1 aromatic carbocycles. The molecule has 0 saturated carbocycles. The molecule has 1 N–H and O–H groups in total. The van der Waals surface area contributed by atoms with Gasteiger partial charge >= 0.3 is 0 Å². The molecule has 0 unspecified atom stereocenters. The third-order valence-electron chi connectivity index (χ3n) is 1.97. The summed E-state index contributed by atoms with van der Waals surface area (Å²) >= 11 is 0. The molecule has 1 amide bonds. The summed E-state index contributed by atoms with van der Waals surface area (Å²) < 4.78 is 12.8. The first-order valence-electron chi connectivity index (χ1n) is 3.73. The minimum Gasteiger partial charge on any atom is -0.348 e. The third kappa shape index (κ3) is 1.05. The lowest BCUT2D eigenvalue weighted by Gasteiger charge is -1.97. The van der Waals surface area contributed by atoms with Gasteiger partial charge in [0.05, 0.1) is 11.1 Å². The smallest absolute Gasteiger partial charge is 0.253 e. The van der Waals surface area contributed by atoms with Gasteiger partial charge in [-0.15, -0.1) is 0 Å². The van der Waals surface area contributed by atoms with Crippen molar-refractivity contribution in [3.8, 4) is 6.07 Å². The van der Waals surface area contributed by atoms with Crippen molar-refractivity contribution >= 4 is 5.91 Å². The molecule has 0 atom stereocenters. The van der Waals surface area contributed by atoms with Gasteiger partial charge in [-0.2, -0.15) is 5.26 Å². The Kier molecular flexibility index (Phi) is 1.52. The van der Waals surface area contributed by atoms with Gasteiger partial charge in [0.25, 0.3) is 5.91 Å². The topological polar surface area (TPSA) is 52.9 Å². The van der Waals surface area contributed by atoms with E-state index < -0.39 is 5.82 Å². The summed E-state index contributed by atoms with van der Waals surface area (Å²) in [4.78, 5) is 11.2. The summed E-state index contributed by atoms with van der Waals surface area (Å²) in [6, 6.07) is 4.14. The monoisotopic (exact) mass is 176 g/mol. The number of fused-ring (bicyclic) bond motifs is 1. The van der Waals surface area contributed by atoms with Gasteiger partial charge < -0.3 is 5.32 Å². The van der Waals surface area contributed by atoms with Crippen LogP contribution in [-0.2, 0) is 6.54 Å². The molecule has 1 aliphatic rings. The van der Waals surface area contributed by atoms with E-state index in [1.807, 2.05) is 0 Å². The first-order chi connectivity index (χ1) is 6.22. The predicted octanol–water partition coefficient (Wildman–Crippen LogP) is 0.941. The van der Waals surface area contributed by atoms with Crippen molar-refractivity contribution in [1.29, 1.82) is 5.26 Å². The largest absolute Gasteiger partial charge is 0.348 e. The highest BCUT2D eigenvalue weighted by molar-refractivity contribution is 6.00. The minimum atomic E-state index is -0.480. The molecule has 13 heavy (non-hydrogen) atoms. The van der Waals surface area contributed by atoms with Crippen LogP contribution in [0.3, 0.4) is 0 Å². The van der Waals surface area contributed by atoms with Gasteiger partial charge in [-0.1, -0.05) is 0 Å². The average Bonchev–Trinajstić information content (AvgIpc) is 2.46. The maximum atomic E-state index is 12.8. The van der Waals surface area contributed by atoms with Crippen LogP contribution < -0.4 is 5.32 Å². The number of amides is 1. The van der Waals surface area contributed by atoms with Crippen molar-refractivity contribution < 1.29 is 9.18 Å². The lowest BCUT2D eigenvalue weighted by molar-refractivity contribution is 0.0965. The van der Waals surface area contributed by atoms with E-state index in [-0.39, 0.29) is 11.5 Å². The Bertz CT molecular complexity index is 434. The van der Waals surface area contributed by atoms with E-state index in [1.165, 1.54) is 6.07 Å². The Balaban J connectivity index is 2.73. The summed E-state index contributed by atoms with van der Waals surface area (Å²) in [7, 11) is 0. The van der Waals surface area contributed by atoms with Crippen LogP contribution in [0.25, 0.3) is 0 Å². The number of rotatable bonds is 0. The second kappa shape index (κ2) is 2.56. The molecule has 0 bridgehead atoms. The second-order valence-electron chi connectivity index (χ2n) is 2.78.